The van der Waals surface area contributed by atoms with Gasteiger partial charge in [0.25, 0.3) is 0 Å². The number of hydrogen-bond donors (Lipinski definition) is 1. The second kappa shape index (κ2) is 18.8. The molecule has 43 heavy (non-hydrogen) atoms. The van der Waals surface area contributed by atoms with Gasteiger partial charge in [-0.25, -0.2) is 0 Å². The molecule has 1 N–H and O–H groups in total. The SMILES string of the molecule is C=CCOC[C@H](OCc1ccccc1)[C@@H](OCc1ccccc1)[C@H](OCc1ccccc1)[C@@H](CO)OCc1ccccc1. The van der Waals surface area contributed by atoms with Crippen molar-refractivity contribution in [1.29, 1.82) is 0 Å². The molecule has 4 atom stereocenters. The zero-order chi connectivity index (χ0) is 30.0. The Labute approximate surface area is 255 Å². The van der Waals surface area contributed by atoms with Gasteiger partial charge in [-0.05, 0) is 22.3 Å². The molecule has 0 unspecified atom stereocenters. The molecule has 0 aliphatic carbocycles. The van der Waals surface area contributed by atoms with Crippen molar-refractivity contribution in [3.05, 3.63) is 156 Å². The van der Waals surface area contributed by atoms with Crippen LogP contribution in [0.5, 0.6) is 0 Å². The van der Waals surface area contributed by atoms with E-state index in [1.54, 1.807) is 6.08 Å². The quantitative estimate of drug-likeness (QED) is 0.0945. The van der Waals surface area contributed by atoms with E-state index in [2.05, 4.69) is 6.58 Å². The minimum Gasteiger partial charge on any atom is -0.394 e. The fraction of sp³-hybridized carbons (Fsp3) is 0.297. The lowest BCUT2D eigenvalue weighted by molar-refractivity contribution is -0.204. The van der Waals surface area contributed by atoms with Crippen molar-refractivity contribution in [3.63, 3.8) is 0 Å². The van der Waals surface area contributed by atoms with Gasteiger partial charge >= 0.3 is 0 Å². The van der Waals surface area contributed by atoms with Gasteiger partial charge in [0.2, 0.25) is 0 Å². The van der Waals surface area contributed by atoms with Crippen molar-refractivity contribution in [2.45, 2.75) is 50.8 Å². The predicted molar refractivity (Wildman–Crippen MR) is 168 cm³/mol. The van der Waals surface area contributed by atoms with Crippen molar-refractivity contribution in [3.8, 4) is 0 Å². The molecule has 226 valence electrons. The molecular weight excluding hydrogens is 540 g/mol. The highest BCUT2D eigenvalue weighted by Gasteiger charge is 2.38. The molecule has 0 aliphatic heterocycles. The summed E-state index contributed by atoms with van der Waals surface area (Å²) in [5.41, 5.74) is 4.03. The van der Waals surface area contributed by atoms with Crippen LogP contribution in [0.1, 0.15) is 22.3 Å². The van der Waals surface area contributed by atoms with E-state index < -0.39 is 24.4 Å². The average Bonchev–Trinajstić information content (AvgIpc) is 3.07. The van der Waals surface area contributed by atoms with Crippen LogP contribution in [0, 0.1) is 0 Å². The maximum Gasteiger partial charge on any atom is 0.115 e. The van der Waals surface area contributed by atoms with Crippen LogP contribution >= 0.6 is 0 Å². The Morgan fingerprint density at radius 3 is 1.23 bits per heavy atom. The summed E-state index contributed by atoms with van der Waals surface area (Å²) in [5.74, 6) is 0. The molecule has 4 rings (SSSR count). The molecule has 6 nitrogen and oxygen atoms in total. The summed E-state index contributed by atoms with van der Waals surface area (Å²) in [4.78, 5) is 0. The predicted octanol–water partition coefficient (Wildman–Crippen LogP) is 6.52. The zero-order valence-electron chi connectivity index (χ0n) is 24.6. The zero-order valence-corrected chi connectivity index (χ0v) is 24.6. The van der Waals surface area contributed by atoms with E-state index in [-0.39, 0.29) is 13.2 Å². The second-order valence-electron chi connectivity index (χ2n) is 10.2. The molecule has 0 fully saturated rings. The standard InChI is InChI=1S/C37H42O6/c1-2-23-39-29-35(41-26-31-17-9-4-10-18-31)37(43-28-33-21-13-6-14-22-33)36(42-27-32-19-11-5-12-20-32)34(24-38)40-25-30-15-7-3-8-16-30/h2-22,34-38H,1,23-29H2/t34-,35+,36-,37-/m1/s1. The first-order valence-corrected chi connectivity index (χ1v) is 14.7. The Balaban J connectivity index is 1.64. The number of aliphatic hydroxyl groups is 1. The van der Waals surface area contributed by atoms with Crippen LogP contribution in [0.3, 0.4) is 0 Å². The first-order chi connectivity index (χ1) is 21.3. The summed E-state index contributed by atoms with van der Waals surface area (Å²) in [6, 6.07) is 39.7. The van der Waals surface area contributed by atoms with Crippen molar-refractivity contribution in [1.82, 2.24) is 0 Å². The van der Waals surface area contributed by atoms with Crippen LogP contribution in [-0.2, 0) is 50.1 Å². The fourth-order valence-electron chi connectivity index (χ4n) is 4.67. The highest BCUT2D eigenvalue weighted by Crippen LogP contribution is 2.23. The molecule has 0 bridgehead atoms. The Bertz CT molecular complexity index is 1270. The summed E-state index contributed by atoms with van der Waals surface area (Å²) in [6.45, 7) is 5.41. The lowest BCUT2D eigenvalue weighted by Crippen LogP contribution is -2.52. The number of hydrogen-bond acceptors (Lipinski definition) is 6. The molecule has 0 amide bonds. The Morgan fingerprint density at radius 2 is 0.860 bits per heavy atom. The third-order valence-corrected chi connectivity index (χ3v) is 6.94. The highest BCUT2D eigenvalue weighted by atomic mass is 16.6. The Kier molecular flexibility index (Phi) is 14.1. The Hall–Kier alpha value is -3.62. The molecule has 0 saturated carbocycles. The highest BCUT2D eigenvalue weighted by molar-refractivity contribution is 5.16. The summed E-state index contributed by atoms with van der Waals surface area (Å²) in [5, 5.41) is 10.7. The maximum absolute atomic E-state index is 10.7. The van der Waals surface area contributed by atoms with Crippen LogP contribution in [0.15, 0.2) is 134 Å². The van der Waals surface area contributed by atoms with E-state index in [0.717, 1.165) is 22.3 Å². The van der Waals surface area contributed by atoms with Gasteiger partial charge in [0.15, 0.2) is 0 Å². The summed E-state index contributed by atoms with van der Waals surface area (Å²) in [7, 11) is 0. The van der Waals surface area contributed by atoms with Gasteiger partial charge in [0.1, 0.15) is 24.4 Å². The molecular formula is C37H42O6. The minimum absolute atomic E-state index is 0.236. The molecule has 0 saturated heterocycles. The Morgan fingerprint density at radius 1 is 0.512 bits per heavy atom. The first kappa shape index (κ1) is 32.3. The molecule has 0 heterocycles. The maximum atomic E-state index is 10.7. The largest absolute Gasteiger partial charge is 0.394 e. The average molecular weight is 583 g/mol. The summed E-state index contributed by atoms with van der Waals surface area (Å²) < 4.78 is 32.0. The van der Waals surface area contributed by atoms with Crippen LogP contribution in [-0.4, -0.2) is 49.3 Å². The van der Waals surface area contributed by atoms with E-state index in [9.17, 15) is 5.11 Å². The molecule has 4 aromatic carbocycles. The van der Waals surface area contributed by atoms with E-state index in [0.29, 0.717) is 33.0 Å². The lowest BCUT2D eigenvalue weighted by atomic mass is 10.0. The summed E-state index contributed by atoms with van der Waals surface area (Å²) >= 11 is 0. The normalized spacial score (nSPS) is 14.1. The van der Waals surface area contributed by atoms with Crippen molar-refractivity contribution < 1.29 is 28.8 Å². The topological polar surface area (TPSA) is 66.4 Å². The van der Waals surface area contributed by atoms with Crippen LogP contribution in [0.2, 0.25) is 0 Å². The molecule has 0 radical (unpaired) electrons. The van der Waals surface area contributed by atoms with Gasteiger partial charge in [-0.1, -0.05) is 127 Å². The lowest BCUT2D eigenvalue weighted by Gasteiger charge is -2.37. The van der Waals surface area contributed by atoms with Crippen LogP contribution in [0.25, 0.3) is 0 Å². The van der Waals surface area contributed by atoms with Gasteiger partial charge in [0, 0.05) is 0 Å². The van der Waals surface area contributed by atoms with Crippen molar-refractivity contribution in [2.75, 3.05) is 19.8 Å². The molecule has 0 aromatic heterocycles. The number of benzene rings is 4. The van der Waals surface area contributed by atoms with Gasteiger partial charge in [-0.15, -0.1) is 6.58 Å². The van der Waals surface area contributed by atoms with Crippen molar-refractivity contribution >= 4 is 0 Å². The number of rotatable bonds is 20. The van der Waals surface area contributed by atoms with Gasteiger partial charge in [-0.2, -0.15) is 0 Å². The number of aliphatic hydroxyl groups excluding tert-OH is 1. The third kappa shape index (κ3) is 11.2. The third-order valence-electron chi connectivity index (χ3n) is 6.94. The number of ether oxygens (including phenoxy) is 5. The van der Waals surface area contributed by atoms with Crippen LogP contribution < -0.4 is 0 Å². The van der Waals surface area contributed by atoms with Gasteiger partial charge in [-0.3, -0.25) is 0 Å². The fourth-order valence-corrected chi connectivity index (χ4v) is 4.67. The van der Waals surface area contributed by atoms with Crippen molar-refractivity contribution in [2.24, 2.45) is 0 Å². The van der Waals surface area contributed by atoms with E-state index in [4.69, 9.17) is 23.7 Å². The monoisotopic (exact) mass is 582 g/mol. The summed E-state index contributed by atoms with van der Waals surface area (Å²) in [6.07, 6.45) is -0.876. The van der Waals surface area contributed by atoms with E-state index in [1.165, 1.54) is 0 Å². The smallest absolute Gasteiger partial charge is 0.115 e. The molecule has 0 aliphatic rings. The molecule has 6 heteroatoms. The molecule has 0 spiro atoms. The van der Waals surface area contributed by atoms with Crippen LogP contribution in [0.4, 0.5) is 0 Å². The minimum atomic E-state index is -0.702. The van der Waals surface area contributed by atoms with E-state index >= 15 is 0 Å². The molecule has 4 aromatic rings. The second-order valence-corrected chi connectivity index (χ2v) is 10.2. The van der Waals surface area contributed by atoms with Gasteiger partial charge < -0.3 is 28.8 Å². The first-order valence-electron chi connectivity index (χ1n) is 14.7. The van der Waals surface area contributed by atoms with Gasteiger partial charge in [0.05, 0.1) is 46.2 Å². The van der Waals surface area contributed by atoms with E-state index in [1.807, 2.05) is 121 Å².